The minimum atomic E-state index is -0.312. The fourth-order valence-electron chi connectivity index (χ4n) is 4.25. The molecule has 0 radical (unpaired) electrons. The van der Waals surface area contributed by atoms with Crippen molar-refractivity contribution in [2.75, 3.05) is 31.6 Å². The SMILES string of the molecule is [C-]#[N+]c1ccc(Nc2ncnc(OC3C4COCC3CN(C(=O)OC3(C)CC3)C4)c2Cl)c(Cl)c1. The molecule has 2 saturated heterocycles. The van der Waals surface area contributed by atoms with E-state index >= 15 is 0 Å². The Morgan fingerprint density at radius 2 is 2.00 bits per heavy atom. The molecule has 11 heteroatoms. The van der Waals surface area contributed by atoms with Gasteiger partial charge in [0.05, 0.1) is 30.5 Å². The fourth-order valence-corrected chi connectivity index (χ4v) is 4.66. The summed E-state index contributed by atoms with van der Waals surface area (Å²) in [7, 11) is 0. The van der Waals surface area contributed by atoms with Crippen LogP contribution in [0.25, 0.3) is 4.85 Å². The van der Waals surface area contributed by atoms with Crippen molar-refractivity contribution in [2.24, 2.45) is 11.8 Å². The Morgan fingerprint density at radius 1 is 1.26 bits per heavy atom. The molecule has 1 aromatic heterocycles. The van der Waals surface area contributed by atoms with Crippen LogP contribution in [0.15, 0.2) is 24.5 Å². The van der Waals surface area contributed by atoms with Crippen molar-refractivity contribution in [1.82, 2.24) is 14.9 Å². The molecule has 2 aliphatic heterocycles. The van der Waals surface area contributed by atoms with E-state index in [0.717, 1.165) is 12.8 Å². The number of likely N-dealkylation sites (tertiary alicyclic amines) is 1. The minimum Gasteiger partial charge on any atom is -0.472 e. The maximum absolute atomic E-state index is 12.6. The summed E-state index contributed by atoms with van der Waals surface area (Å²) in [6.07, 6.45) is 2.69. The van der Waals surface area contributed by atoms with Crippen molar-refractivity contribution < 1.29 is 19.0 Å². The second kappa shape index (κ2) is 9.10. The first-order chi connectivity index (χ1) is 16.3. The van der Waals surface area contributed by atoms with E-state index in [1.807, 2.05) is 6.92 Å². The Labute approximate surface area is 207 Å². The van der Waals surface area contributed by atoms with E-state index in [2.05, 4.69) is 20.1 Å². The smallest absolute Gasteiger partial charge is 0.410 e. The van der Waals surface area contributed by atoms with Crippen LogP contribution in [0.1, 0.15) is 19.8 Å². The molecule has 2 bridgehead atoms. The number of carbonyl (C=O) groups is 1. The van der Waals surface area contributed by atoms with Gasteiger partial charge < -0.3 is 24.4 Å². The van der Waals surface area contributed by atoms with Crippen molar-refractivity contribution in [3.63, 3.8) is 0 Å². The third-order valence-electron chi connectivity index (χ3n) is 6.39. The predicted octanol–water partition coefficient (Wildman–Crippen LogP) is 5.09. The summed E-state index contributed by atoms with van der Waals surface area (Å²) in [6, 6.07) is 4.90. The molecule has 0 spiro atoms. The number of halogens is 2. The van der Waals surface area contributed by atoms with Gasteiger partial charge in [-0.2, -0.15) is 0 Å². The van der Waals surface area contributed by atoms with Gasteiger partial charge in [0.1, 0.15) is 23.1 Å². The van der Waals surface area contributed by atoms with Crippen molar-refractivity contribution >= 4 is 46.5 Å². The quantitative estimate of drug-likeness (QED) is 0.568. The maximum atomic E-state index is 12.6. The Bertz CT molecular complexity index is 1140. The maximum Gasteiger partial charge on any atom is 0.410 e. The van der Waals surface area contributed by atoms with Crippen molar-refractivity contribution in [3.8, 4) is 5.88 Å². The molecule has 34 heavy (non-hydrogen) atoms. The number of aromatic nitrogens is 2. The van der Waals surface area contributed by atoms with Crippen LogP contribution in [-0.2, 0) is 9.47 Å². The topological polar surface area (TPSA) is 90.2 Å². The summed E-state index contributed by atoms with van der Waals surface area (Å²) in [4.78, 5) is 26.2. The standard InChI is InChI=1S/C23H23Cl2N5O4/c1-23(5-6-23)34-22(31)30-8-13-10-32-11-14(9-30)19(13)33-21-18(25)20(27-12-28-21)29-17-4-3-15(26-2)7-16(17)24/h3-4,7,12-14,19H,5-6,8-11H2,1H3,(H,27,28,29). The summed E-state index contributed by atoms with van der Waals surface area (Å²) in [6.45, 7) is 11.0. The molecule has 9 nitrogen and oxygen atoms in total. The molecule has 1 N–H and O–H groups in total. The third kappa shape index (κ3) is 4.71. The van der Waals surface area contributed by atoms with E-state index in [-0.39, 0.29) is 40.5 Å². The summed E-state index contributed by atoms with van der Waals surface area (Å²) in [5.74, 6) is 0.510. The predicted molar refractivity (Wildman–Crippen MR) is 126 cm³/mol. The zero-order valence-electron chi connectivity index (χ0n) is 18.5. The molecule has 2 unspecified atom stereocenters. The average molecular weight is 504 g/mol. The number of benzene rings is 1. The van der Waals surface area contributed by atoms with Crippen LogP contribution >= 0.6 is 23.2 Å². The van der Waals surface area contributed by atoms with Gasteiger partial charge in [-0.05, 0) is 31.9 Å². The number of hydrogen-bond donors (Lipinski definition) is 1. The normalized spacial score (nSPS) is 24.6. The van der Waals surface area contributed by atoms with Gasteiger partial charge in [-0.3, -0.25) is 0 Å². The number of fused-ring (bicyclic) bond motifs is 2. The largest absolute Gasteiger partial charge is 0.472 e. The Kier molecular flexibility index (Phi) is 6.15. The van der Waals surface area contributed by atoms with Crippen LogP contribution in [-0.4, -0.2) is 59.0 Å². The number of nitrogens with one attached hydrogen (secondary N) is 1. The van der Waals surface area contributed by atoms with Gasteiger partial charge in [0.25, 0.3) is 0 Å². The van der Waals surface area contributed by atoms with E-state index in [0.29, 0.717) is 48.5 Å². The molecule has 1 amide bonds. The Hall–Kier alpha value is -2.80. The molecule has 1 saturated carbocycles. The van der Waals surface area contributed by atoms with Gasteiger partial charge in [0.2, 0.25) is 5.88 Å². The van der Waals surface area contributed by atoms with Crippen LogP contribution < -0.4 is 10.1 Å². The second-order valence-corrected chi connectivity index (χ2v) is 9.89. The number of amides is 1. The highest BCUT2D eigenvalue weighted by atomic mass is 35.5. The van der Waals surface area contributed by atoms with Crippen LogP contribution in [0.4, 0.5) is 22.0 Å². The molecule has 3 aliphatic rings. The lowest BCUT2D eigenvalue weighted by atomic mass is 9.84. The number of nitrogens with zero attached hydrogens (tertiary/aromatic N) is 4. The van der Waals surface area contributed by atoms with Crippen molar-refractivity contribution in [2.45, 2.75) is 31.5 Å². The molecular weight excluding hydrogens is 481 g/mol. The molecule has 1 aromatic carbocycles. The van der Waals surface area contributed by atoms with E-state index < -0.39 is 0 Å². The monoisotopic (exact) mass is 503 g/mol. The van der Waals surface area contributed by atoms with Gasteiger partial charge in [0, 0.05) is 24.9 Å². The molecule has 178 valence electrons. The summed E-state index contributed by atoms with van der Waals surface area (Å²) in [5.41, 5.74) is 0.679. The highest BCUT2D eigenvalue weighted by molar-refractivity contribution is 6.35. The minimum absolute atomic E-state index is 0.0369. The van der Waals surface area contributed by atoms with Gasteiger partial charge >= 0.3 is 6.09 Å². The van der Waals surface area contributed by atoms with Gasteiger partial charge in [-0.25, -0.2) is 19.6 Å². The highest BCUT2D eigenvalue weighted by Crippen LogP contribution is 2.41. The molecule has 5 rings (SSSR count). The first kappa shape index (κ1) is 23.0. The van der Waals surface area contributed by atoms with Gasteiger partial charge in [-0.1, -0.05) is 29.3 Å². The number of carbonyl (C=O) groups excluding carboxylic acids is 1. The lowest BCUT2D eigenvalue weighted by Gasteiger charge is -2.46. The van der Waals surface area contributed by atoms with Crippen LogP contribution in [0.5, 0.6) is 5.88 Å². The highest BCUT2D eigenvalue weighted by Gasteiger charge is 2.47. The second-order valence-electron chi connectivity index (χ2n) is 9.11. The first-order valence-electron chi connectivity index (χ1n) is 11.0. The summed E-state index contributed by atoms with van der Waals surface area (Å²) < 4.78 is 17.7. The van der Waals surface area contributed by atoms with Crippen molar-refractivity contribution in [1.29, 1.82) is 0 Å². The lowest BCUT2D eigenvalue weighted by molar-refractivity contribution is -0.111. The molecular formula is C23H23Cl2N5O4. The van der Waals surface area contributed by atoms with E-state index in [4.69, 9.17) is 44.0 Å². The fraction of sp³-hybridized carbons (Fsp3) is 0.478. The number of rotatable bonds is 5. The average Bonchev–Trinajstić information content (AvgIpc) is 3.53. The number of piperidine rings is 1. The summed E-state index contributed by atoms with van der Waals surface area (Å²) in [5, 5.41) is 3.67. The zero-order chi connectivity index (χ0) is 23.9. The Balaban J connectivity index is 1.30. The van der Waals surface area contributed by atoms with Crippen LogP contribution in [0, 0.1) is 18.4 Å². The van der Waals surface area contributed by atoms with Gasteiger partial charge in [0.15, 0.2) is 11.5 Å². The van der Waals surface area contributed by atoms with Crippen LogP contribution in [0.3, 0.4) is 0 Å². The molecule has 1 aliphatic carbocycles. The third-order valence-corrected chi connectivity index (χ3v) is 7.04. The first-order valence-corrected chi connectivity index (χ1v) is 11.8. The lowest BCUT2D eigenvalue weighted by Crippen LogP contribution is -2.59. The molecule has 3 heterocycles. The molecule has 2 aromatic rings. The van der Waals surface area contributed by atoms with Crippen molar-refractivity contribution in [3.05, 3.63) is 46.0 Å². The van der Waals surface area contributed by atoms with Crippen LogP contribution in [0.2, 0.25) is 10.0 Å². The van der Waals surface area contributed by atoms with E-state index in [1.165, 1.54) is 6.33 Å². The number of ether oxygens (including phenoxy) is 3. The Morgan fingerprint density at radius 3 is 2.65 bits per heavy atom. The molecule has 3 fully saturated rings. The summed E-state index contributed by atoms with van der Waals surface area (Å²) >= 11 is 12.9. The number of hydrogen-bond acceptors (Lipinski definition) is 7. The number of anilines is 2. The van der Waals surface area contributed by atoms with Gasteiger partial charge in [-0.15, -0.1) is 0 Å². The van der Waals surface area contributed by atoms with E-state index in [1.54, 1.807) is 23.1 Å². The van der Waals surface area contributed by atoms with E-state index in [9.17, 15) is 4.79 Å². The molecule has 2 atom stereocenters. The zero-order valence-corrected chi connectivity index (χ0v) is 20.0.